The van der Waals surface area contributed by atoms with E-state index in [1.807, 2.05) is 13.2 Å². The lowest BCUT2D eigenvalue weighted by atomic mass is 10.0. The third-order valence-electron chi connectivity index (χ3n) is 3.90. The molecule has 0 spiro atoms. The molecule has 2 unspecified atom stereocenters. The summed E-state index contributed by atoms with van der Waals surface area (Å²) in [5.74, 6) is 0.220. The van der Waals surface area contributed by atoms with E-state index in [0.29, 0.717) is 23.1 Å². The predicted octanol–water partition coefficient (Wildman–Crippen LogP) is 2.49. The molecule has 1 aromatic rings. The summed E-state index contributed by atoms with van der Waals surface area (Å²) in [7, 11) is 0. The summed E-state index contributed by atoms with van der Waals surface area (Å²) < 4.78 is 4.88. The second kappa shape index (κ2) is 7.79. The highest BCUT2D eigenvalue weighted by Crippen LogP contribution is 2.32. The van der Waals surface area contributed by atoms with Crippen LogP contribution in [0.4, 0.5) is 5.82 Å². The molecule has 6 nitrogen and oxygen atoms in total. The monoisotopic (exact) mass is 337 g/mol. The van der Waals surface area contributed by atoms with Gasteiger partial charge in [-0.25, -0.2) is 14.8 Å². The Balaban J connectivity index is 2.23. The van der Waals surface area contributed by atoms with Crippen molar-refractivity contribution in [2.45, 2.75) is 49.9 Å². The first kappa shape index (κ1) is 17.7. The summed E-state index contributed by atoms with van der Waals surface area (Å²) >= 11 is 1.44. The van der Waals surface area contributed by atoms with Crippen molar-refractivity contribution in [3.63, 3.8) is 0 Å². The van der Waals surface area contributed by atoms with Crippen molar-refractivity contribution in [2.24, 2.45) is 0 Å². The second-order valence-corrected chi connectivity index (χ2v) is 6.47. The quantitative estimate of drug-likeness (QED) is 0.357. The van der Waals surface area contributed by atoms with Crippen LogP contribution in [0.5, 0.6) is 0 Å². The molecule has 1 aromatic heterocycles. The molecule has 1 aliphatic carbocycles. The van der Waals surface area contributed by atoms with Crippen molar-refractivity contribution in [1.29, 1.82) is 0 Å². The van der Waals surface area contributed by atoms with Gasteiger partial charge in [-0.15, -0.1) is 0 Å². The first-order valence-electron chi connectivity index (χ1n) is 7.71. The highest BCUT2D eigenvalue weighted by molar-refractivity contribution is 7.98. The Hall–Kier alpha value is -1.60. The predicted molar refractivity (Wildman–Crippen MR) is 91.4 cm³/mol. The van der Waals surface area contributed by atoms with E-state index in [9.17, 15) is 9.90 Å². The molecule has 2 rings (SSSR count). The minimum atomic E-state index is -0.757. The number of hydrogen-bond acceptors (Lipinski definition) is 7. The van der Waals surface area contributed by atoms with Crippen LogP contribution in [0.2, 0.25) is 0 Å². The number of anilines is 1. The van der Waals surface area contributed by atoms with Crippen LogP contribution >= 0.6 is 11.8 Å². The van der Waals surface area contributed by atoms with Crippen molar-refractivity contribution in [3.05, 3.63) is 17.8 Å². The maximum absolute atomic E-state index is 11.5. The van der Waals surface area contributed by atoms with Crippen molar-refractivity contribution >= 4 is 29.6 Å². The van der Waals surface area contributed by atoms with Crippen LogP contribution in [0.1, 0.15) is 38.7 Å². The number of carbonyl (C=O) groups is 1. The van der Waals surface area contributed by atoms with Crippen LogP contribution < -0.4 is 5.32 Å². The SMILES string of the molecule is CCOC(=O)/C=C/c1cnc(SC)nc1NC1CCCC1(C)O. The van der Waals surface area contributed by atoms with E-state index in [2.05, 4.69) is 15.3 Å². The number of rotatable bonds is 6. The van der Waals surface area contributed by atoms with Gasteiger partial charge in [0.25, 0.3) is 0 Å². The van der Waals surface area contributed by atoms with Crippen LogP contribution in [0.25, 0.3) is 6.08 Å². The Morgan fingerprint density at radius 2 is 2.43 bits per heavy atom. The smallest absolute Gasteiger partial charge is 0.330 e. The zero-order chi connectivity index (χ0) is 16.9. The van der Waals surface area contributed by atoms with Crippen molar-refractivity contribution < 1.29 is 14.6 Å². The van der Waals surface area contributed by atoms with Gasteiger partial charge >= 0.3 is 5.97 Å². The van der Waals surface area contributed by atoms with Gasteiger partial charge in [0.2, 0.25) is 0 Å². The lowest BCUT2D eigenvalue weighted by Gasteiger charge is -2.27. The Bertz CT molecular complexity index is 590. The normalized spacial score (nSPS) is 24.1. The molecule has 0 radical (unpaired) electrons. The van der Waals surface area contributed by atoms with E-state index < -0.39 is 11.6 Å². The summed E-state index contributed by atoms with van der Waals surface area (Å²) in [5.41, 5.74) is -0.0642. The van der Waals surface area contributed by atoms with Crippen molar-refractivity contribution in [2.75, 3.05) is 18.2 Å². The molecule has 0 bridgehead atoms. The standard InChI is InChI=1S/C16H23N3O3S/c1-4-22-13(20)8-7-11-10-17-15(23-3)19-14(11)18-12-6-5-9-16(12,2)21/h7-8,10,12,21H,4-6,9H2,1-3H3,(H,17,18,19)/b8-7+. The van der Waals surface area contributed by atoms with E-state index in [1.54, 1.807) is 19.2 Å². The zero-order valence-electron chi connectivity index (χ0n) is 13.7. The third kappa shape index (κ3) is 4.68. The van der Waals surface area contributed by atoms with Gasteiger partial charge in [-0.05, 0) is 45.4 Å². The molecule has 0 aliphatic heterocycles. The number of ether oxygens (including phenoxy) is 1. The zero-order valence-corrected chi connectivity index (χ0v) is 14.5. The maximum atomic E-state index is 11.5. The van der Waals surface area contributed by atoms with Gasteiger partial charge in [0, 0.05) is 17.8 Å². The van der Waals surface area contributed by atoms with Crippen LogP contribution in [0.3, 0.4) is 0 Å². The van der Waals surface area contributed by atoms with Crippen LogP contribution in [0.15, 0.2) is 17.4 Å². The topological polar surface area (TPSA) is 84.3 Å². The molecular formula is C16H23N3O3S. The van der Waals surface area contributed by atoms with E-state index >= 15 is 0 Å². The maximum Gasteiger partial charge on any atom is 0.330 e. The Morgan fingerprint density at radius 1 is 1.65 bits per heavy atom. The first-order chi connectivity index (χ1) is 11.0. The molecule has 0 amide bonds. The third-order valence-corrected chi connectivity index (χ3v) is 4.46. The molecule has 7 heteroatoms. The van der Waals surface area contributed by atoms with Gasteiger partial charge in [-0.2, -0.15) is 0 Å². The van der Waals surface area contributed by atoms with Crippen LogP contribution in [-0.4, -0.2) is 45.5 Å². The van der Waals surface area contributed by atoms with Crippen molar-refractivity contribution in [1.82, 2.24) is 9.97 Å². The van der Waals surface area contributed by atoms with E-state index in [1.165, 1.54) is 17.8 Å². The molecule has 0 aromatic carbocycles. The lowest BCUT2D eigenvalue weighted by Crippen LogP contribution is -2.39. The number of thioether (sulfide) groups is 1. The van der Waals surface area contributed by atoms with Gasteiger partial charge < -0.3 is 15.2 Å². The van der Waals surface area contributed by atoms with E-state index in [4.69, 9.17) is 4.74 Å². The van der Waals surface area contributed by atoms with Gasteiger partial charge in [0.05, 0.1) is 18.2 Å². The van der Waals surface area contributed by atoms with Gasteiger partial charge in [0.15, 0.2) is 5.16 Å². The number of nitrogens with one attached hydrogen (secondary N) is 1. The fourth-order valence-electron chi connectivity index (χ4n) is 2.60. The first-order valence-corrected chi connectivity index (χ1v) is 8.93. The summed E-state index contributed by atoms with van der Waals surface area (Å²) in [6.45, 7) is 3.93. The highest BCUT2D eigenvalue weighted by Gasteiger charge is 2.37. The molecule has 1 fully saturated rings. The second-order valence-electron chi connectivity index (χ2n) is 5.69. The summed E-state index contributed by atoms with van der Waals surface area (Å²) in [5, 5.41) is 14.4. The summed E-state index contributed by atoms with van der Waals surface area (Å²) in [6, 6.07) is -0.0677. The van der Waals surface area contributed by atoms with Gasteiger partial charge in [-0.3, -0.25) is 0 Å². The number of nitrogens with zero attached hydrogens (tertiary/aromatic N) is 2. The minimum Gasteiger partial charge on any atom is -0.463 e. The van der Waals surface area contributed by atoms with E-state index in [0.717, 1.165) is 19.3 Å². The van der Waals surface area contributed by atoms with Crippen LogP contribution in [0, 0.1) is 0 Å². The molecular weight excluding hydrogens is 314 g/mol. The fraction of sp³-hybridized carbons (Fsp3) is 0.562. The summed E-state index contributed by atoms with van der Waals surface area (Å²) in [4.78, 5) is 20.2. The Morgan fingerprint density at radius 3 is 3.04 bits per heavy atom. The lowest BCUT2D eigenvalue weighted by molar-refractivity contribution is -0.137. The molecule has 23 heavy (non-hydrogen) atoms. The molecule has 1 aliphatic rings. The van der Waals surface area contributed by atoms with Crippen LogP contribution in [-0.2, 0) is 9.53 Å². The molecule has 1 heterocycles. The highest BCUT2D eigenvalue weighted by atomic mass is 32.2. The number of esters is 1. The Kier molecular flexibility index (Phi) is 6.01. The molecule has 2 N–H and O–H groups in total. The van der Waals surface area contributed by atoms with Gasteiger partial charge in [-0.1, -0.05) is 11.8 Å². The molecule has 126 valence electrons. The fourth-order valence-corrected chi connectivity index (χ4v) is 2.94. The number of hydrogen-bond donors (Lipinski definition) is 2. The average molecular weight is 337 g/mol. The van der Waals surface area contributed by atoms with Crippen molar-refractivity contribution in [3.8, 4) is 0 Å². The van der Waals surface area contributed by atoms with Gasteiger partial charge in [0.1, 0.15) is 5.82 Å². The minimum absolute atomic E-state index is 0.0677. The largest absolute Gasteiger partial charge is 0.463 e. The molecule has 2 atom stereocenters. The number of aromatic nitrogens is 2. The Labute approximate surface area is 140 Å². The molecule has 0 saturated heterocycles. The summed E-state index contributed by atoms with van der Waals surface area (Å²) in [6.07, 6.45) is 9.18. The average Bonchev–Trinajstić information content (AvgIpc) is 2.85. The van der Waals surface area contributed by atoms with E-state index in [-0.39, 0.29) is 6.04 Å². The number of carbonyl (C=O) groups excluding carboxylic acids is 1. The number of aliphatic hydroxyl groups is 1. The molecule has 1 saturated carbocycles.